The second-order valence-corrected chi connectivity index (χ2v) is 6.64. The fourth-order valence-electron chi connectivity index (χ4n) is 2.78. The van der Waals surface area contributed by atoms with Crippen molar-refractivity contribution in [1.29, 1.82) is 0 Å². The number of hydrogen-bond acceptors (Lipinski definition) is 6. The van der Waals surface area contributed by atoms with Crippen LogP contribution < -0.4 is 5.32 Å². The highest BCUT2D eigenvalue weighted by molar-refractivity contribution is 7.98. The number of piperidine rings is 1. The third kappa shape index (κ3) is 3.96. The number of benzene rings is 1. The van der Waals surface area contributed by atoms with Gasteiger partial charge < -0.3 is 14.6 Å². The van der Waals surface area contributed by atoms with Gasteiger partial charge in [-0.1, -0.05) is 12.1 Å². The maximum Gasteiger partial charge on any atom is 0.256 e. The van der Waals surface area contributed by atoms with Crippen LogP contribution in [-0.2, 0) is 4.74 Å². The Labute approximate surface area is 145 Å². The van der Waals surface area contributed by atoms with Crippen LogP contribution in [0, 0.1) is 5.82 Å². The molecular weight excluding hydrogens is 329 g/mol. The summed E-state index contributed by atoms with van der Waals surface area (Å²) in [5, 5.41) is 7.31. The van der Waals surface area contributed by atoms with E-state index in [0.717, 1.165) is 32.4 Å². The van der Waals surface area contributed by atoms with Crippen LogP contribution in [0.5, 0.6) is 0 Å². The molecule has 0 radical (unpaired) electrons. The van der Waals surface area contributed by atoms with Gasteiger partial charge in [0, 0.05) is 10.5 Å². The molecule has 1 saturated heterocycles. The second kappa shape index (κ2) is 8.09. The molecule has 1 aliphatic heterocycles. The van der Waals surface area contributed by atoms with Gasteiger partial charge in [-0.3, -0.25) is 0 Å². The summed E-state index contributed by atoms with van der Waals surface area (Å²) in [5.74, 6) is 0.577. The van der Waals surface area contributed by atoms with Crippen molar-refractivity contribution in [3.8, 4) is 11.4 Å². The molecule has 0 bridgehead atoms. The number of hydrogen-bond donors (Lipinski definition) is 1. The molecule has 2 aromatic rings. The molecule has 3 rings (SSSR count). The van der Waals surface area contributed by atoms with Gasteiger partial charge in [0.05, 0.1) is 6.10 Å². The number of nitrogens with one attached hydrogen (secondary N) is 1. The van der Waals surface area contributed by atoms with Gasteiger partial charge in [0.1, 0.15) is 11.9 Å². The van der Waals surface area contributed by atoms with Gasteiger partial charge >= 0.3 is 0 Å². The normalized spacial score (nSPS) is 17.1. The number of rotatable bonds is 6. The van der Waals surface area contributed by atoms with E-state index in [1.807, 2.05) is 13.2 Å². The minimum absolute atomic E-state index is 0.213. The molecule has 1 aliphatic rings. The molecule has 1 fully saturated rings. The van der Waals surface area contributed by atoms with Crippen molar-refractivity contribution in [2.45, 2.75) is 43.3 Å². The first kappa shape index (κ1) is 17.4. The van der Waals surface area contributed by atoms with Gasteiger partial charge in [0.25, 0.3) is 5.89 Å². The number of ether oxygens (including phenoxy) is 1. The maximum atomic E-state index is 13.9. The average Bonchev–Trinajstić information content (AvgIpc) is 3.10. The summed E-state index contributed by atoms with van der Waals surface area (Å²) >= 11 is 1.37. The number of halogens is 1. The standard InChI is InChI=1S/C17H22FN3O2S/c1-3-14(22-12-6-8-19-9-7-12)17-20-16(21-23-17)11-4-5-15(24-2)13(18)10-11/h4-5,10,12,14,19H,3,6-9H2,1-2H3. The van der Waals surface area contributed by atoms with Crippen LogP contribution in [-0.4, -0.2) is 35.6 Å². The third-order valence-electron chi connectivity index (χ3n) is 4.14. The monoisotopic (exact) mass is 351 g/mol. The minimum Gasteiger partial charge on any atom is -0.365 e. The molecule has 0 amide bonds. The number of aromatic nitrogens is 2. The fourth-order valence-corrected chi connectivity index (χ4v) is 3.24. The smallest absolute Gasteiger partial charge is 0.256 e. The SMILES string of the molecule is CCC(OC1CCNCC1)c1nc(-c2ccc(SC)c(F)c2)no1. The van der Waals surface area contributed by atoms with Gasteiger partial charge in [-0.05, 0) is 56.8 Å². The van der Waals surface area contributed by atoms with Crippen molar-refractivity contribution in [1.82, 2.24) is 15.5 Å². The summed E-state index contributed by atoms with van der Waals surface area (Å²) in [7, 11) is 0. The van der Waals surface area contributed by atoms with E-state index in [1.54, 1.807) is 12.1 Å². The molecule has 5 nitrogen and oxygen atoms in total. The Kier molecular flexibility index (Phi) is 5.86. The Hall–Kier alpha value is -1.44. The van der Waals surface area contributed by atoms with E-state index < -0.39 is 0 Å². The lowest BCUT2D eigenvalue weighted by Crippen LogP contribution is -2.33. The number of thioether (sulfide) groups is 1. The fraction of sp³-hybridized carbons (Fsp3) is 0.529. The lowest BCUT2D eigenvalue weighted by atomic mass is 10.1. The number of nitrogens with zero attached hydrogens (tertiary/aromatic N) is 2. The van der Waals surface area contributed by atoms with Crippen LogP contribution in [0.1, 0.15) is 38.2 Å². The molecule has 0 aliphatic carbocycles. The molecule has 1 aromatic heterocycles. The van der Waals surface area contributed by atoms with Gasteiger partial charge in [-0.15, -0.1) is 11.8 Å². The summed E-state index contributed by atoms with van der Waals surface area (Å²) in [4.78, 5) is 5.02. The van der Waals surface area contributed by atoms with Crippen molar-refractivity contribution in [3.63, 3.8) is 0 Å². The summed E-state index contributed by atoms with van der Waals surface area (Å²) in [6, 6.07) is 4.97. The zero-order valence-corrected chi connectivity index (χ0v) is 14.7. The van der Waals surface area contributed by atoms with E-state index in [0.29, 0.717) is 22.2 Å². The zero-order chi connectivity index (χ0) is 16.9. The first-order valence-corrected chi connectivity index (χ1v) is 9.47. The van der Waals surface area contributed by atoms with Crippen molar-refractivity contribution in [3.05, 3.63) is 29.9 Å². The summed E-state index contributed by atoms with van der Waals surface area (Å²) in [6.07, 6.45) is 4.56. The summed E-state index contributed by atoms with van der Waals surface area (Å²) in [5.41, 5.74) is 0.608. The van der Waals surface area contributed by atoms with Crippen LogP contribution in [0.4, 0.5) is 4.39 Å². The highest BCUT2D eigenvalue weighted by Crippen LogP contribution is 2.28. The molecule has 1 atom stereocenters. The van der Waals surface area contributed by atoms with Crippen LogP contribution in [0.3, 0.4) is 0 Å². The highest BCUT2D eigenvalue weighted by atomic mass is 32.2. The predicted molar refractivity (Wildman–Crippen MR) is 91.5 cm³/mol. The molecule has 130 valence electrons. The molecule has 1 aromatic carbocycles. The molecule has 7 heteroatoms. The lowest BCUT2D eigenvalue weighted by molar-refractivity contribution is -0.0438. The van der Waals surface area contributed by atoms with Crippen LogP contribution in [0.15, 0.2) is 27.6 Å². The Bertz CT molecular complexity index is 674. The van der Waals surface area contributed by atoms with E-state index in [1.165, 1.54) is 17.8 Å². The Balaban J connectivity index is 1.74. The second-order valence-electron chi connectivity index (χ2n) is 5.79. The summed E-state index contributed by atoms with van der Waals surface area (Å²) < 4.78 is 25.4. The quantitative estimate of drug-likeness (QED) is 0.799. The Morgan fingerprint density at radius 1 is 1.42 bits per heavy atom. The zero-order valence-electron chi connectivity index (χ0n) is 13.9. The minimum atomic E-state index is -0.274. The molecular formula is C17H22FN3O2S. The predicted octanol–water partition coefficient (Wildman–Crippen LogP) is 3.82. The van der Waals surface area contributed by atoms with E-state index in [4.69, 9.17) is 9.26 Å². The van der Waals surface area contributed by atoms with E-state index >= 15 is 0 Å². The largest absolute Gasteiger partial charge is 0.365 e. The molecule has 1 unspecified atom stereocenters. The van der Waals surface area contributed by atoms with Gasteiger partial charge in [0.15, 0.2) is 0 Å². The van der Waals surface area contributed by atoms with E-state index in [9.17, 15) is 4.39 Å². The highest BCUT2D eigenvalue weighted by Gasteiger charge is 2.24. The van der Waals surface area contributed by atoms with Gasteiger partial charge in [-0.2, -0.15) is 4.98 Å². The maximum absolute atomic E-state index is 13.9. The van der Waals surface area contributed by atoms with Crippen LogP contribution >= 0.6 is 11.8 Å². The molecule has 1 N–H and O–H groups in total. The van der Waals surface area contributed by atoms with E-state index in [2.05, 4.69) is 15.5 Å². The van der Waals surface area contributed by atoms with Gasteiger partial charge in [-0.25, -0.2) is 4.39 Å². The van der Waals surface area contributed by atoms with Crippen molar-refractivity contribution in [2.75, 3.05) is 19.3 Å². The van der Waals surface area contributed by atoms with E-state index in [-0.39, 0.29) is 18.0 Å². The van der Waals surface area contributed by atoms with Crippen molar-refractivity contribution >= 4 is 11.8 Å². The van der Waals surface area contributed by atoms with Crippen molar-refractivity contribution < 1.29 is 13.7 Å². The third-order valence-corrected chi connectivity index (χ3v) is 4.91. The average molecular weight is 351 g/mol. The molecule has 0 spiro atoms. The first-order chi connectivity index (χ1) is 11.7. The van der Waals surface area contributed by atoms with Crippen LogP contribution in [0.25, 0.3) is 11.4 Å². The van der Waals surface area contributed by atoms with Gasteiger partial charge in [0.2, 0.25) is 5.82 Å². The summed E-state index contributed by atoms with van der Waals surface area (Å²) in [6.45, 7) is 3.97. The molecule has 24 heavy (non-hydrogen) atoms. The first-order valence-electron chi connectivity index (χ1n) is 8.25. The topological polar surface area (TPSA) is 60.2 Å². The molecule has 2 heterocycles. The Morgan fingerprint density at radius 3 is 2.88 bits per heavy atom. The lowest BCUT2D eigenvalue weighted by Gasteiger charge is -2.25. The van der Waals surface area contributed by atoms with Crippen LogP contribution in [0.2, 0.25) is 0 Å². The molecule has 0 saturated carbocycles. The van der Waals surface area contributed by atoms with Crippen molar-refractivity contribution in [2.24, 2.45) is 0 Å². The Morgan fingerprint density at radius 2 is 2.21 bits per heavy atom.